The number of rotatable bonds is 4. The largest absolute Gasteiger partial charge is 0.379 e. The first-order valence-electron chi connectivity index (χ1n) is 6.54. The zero-order chi connectivity index (χ0) is 12.1. The van der Waals surface area contributed by atoms with Crippen LogP contribution in [0.15, 0.2) is 18.3 Å². The molecule has 1 saturated heterocycles. The standard InChI is InChI=1S/C14H22N2O/c1-3-12(2)13-4-5-15-14(10-13)11-16-6-8-17-9-7-16/h4-5,10,12H,3,6-9,11H2,1-2H3. The number of ether oxygens (including phenoxy) is 1. The van der Waals surface area contributed by atoms with Gasteiger partial charge in [0, 0.05) is 25.8 Å². The van der Waals surface area contributed by atoms with Crippen LogP contribution in [-0.2, 0) is 11.3 Å². The van der Waals surface area contributed by atoms with E-state index in [9.17, 15) is 0 Å². The zero-order valence-corrected chi connectivity index (χ0v) is 10.9. The molecule has 0 spiro atoms. The minimum absolute atomic E-state index is 0.626. The molecule has 1 atom stereocenters. The van der Waals surface area contributed by atoms with Crippen molar-refractivity contribution in [1.29, 1.82) is 0 Å². The Bertz CT molecular complexity index is 348. The molecule has 17 heavy (non-hydrogen) atoms. The van der Waals surface area contributed by atoms with E-state index in [4.69, 9.17) is 4.74 Å². The van der Waals surface area contributed by atoms with E-state index in [-0.39, 0.29) is 0 Å². The monoisotopic (exact) mass is 234 g/mol. The molecule has 94 valence electrons. The third-order valence-corrected chi connectivity index (χ3v) is 3.51. The molecule has 0 saturated carbocycles. The van der Waals surface area contributed by atoms with E-state index >= 15 is 0 Å². The Kier molecular flexibility index (Phi) is 4.51. The molecule has 0 radical (unpaired) electrons. The molecule has 1 aromatic heterocycles. The van der Waals surface area contributed by atoms with Crippen molar-refractivity contribution in [3.05, 3.63) is 29.6 Å². The van der Waals surface area contributed by atoms with Crippen molar-refractivity contribution in [3.63, 3.8) is 0 Å². The van der Waals surface area contributed by atoms with Gasteiger partial charge in [-0.25, -0.2) is 0 Å². The molecular formula is C14H22N2O. The molecule has 1 aliphatic rings. The predicted octanol–water partition coefficient (Wildman–Crippen LogP) is 2.43. The van der Waals surface area contributed by atoms with E-state index in [1.54, 1.807) is 0 Å². The first-order valence-corrected chi connectivity index (χ1v) is 6.54. The fraction of sp³-hybridized carbons (Fsp3) is 0.643. The van der Waals surface area contributed by atoms with Crippen LogP contribution in [0.2, 0.25) is 0 Å². The Labute approximate surface area is 104 Å². The van der Waals surface area contributed by atoms with Crippen molar-refractivity contribution in [2.75, 3.05) is 26.3 Å². The molecule has 0 amide bonds. The second-order valence-electron chi connectivity index (χ2n) is 4.78. The zero-order valence-electron chi connectivity index (χ0n) is 10.9. The third kappa shape index (κ3) is 3.51. The normalized spacial score (nSPS) is 19.2. The number of hydrogen-bond acceptors (Lipinski definition) is 3. The van der Waals surface area contributed by atoms with Gasteiger partial charge in [-0.15, -0.1) is 0 Å². The Morgan fingerprint density at radius 2 is 2.18 bits per heavy atom. The average molecular weight is 234 g/mol. The van der Waals surface area contributed by atoms with Crippen LogP contribution in [-0.4, -0.2) is 36.2 Å². The van der Waals surface area contributed by atoms with Crippen LogP contribution in [0, 0.1) is 0 Å². The van der Waals surface area contributed by atoms with E-state index in [2.05, 4.69) is 35.9 Å². The van der Waals surface area contributed by atoms with Crippen LogP contribution < -0.4 is 0 Å². The molecular weight excluding hydrogens is 212 g/mol. The average Bonchev–Trinajstić information content (AvgIpc) is 2.39. The molecule has 2 heterocycles. The topological polar surface area (TPSA) is 25.4 Å². The summed E-state index contributed by atoms with van der Waals surface area (Å²) in [7, 11) is 0. The van der Waals surface area contributed by atoms with Crippen LogP contribution in [0.5, 0.6) is 0 Å². The summed E-state index contributed by atoms with van der Waals surface area (Å²) in [5, 5.41) is 0. The first kappa shape index (κ1) is 12.5. The van der Waals surface area contributed by atoms with Crippen LogP contribution >= 0.6 is 0 Å². The lowest BCUT2D eigenvalue weighted by Crippen LogP contribution is -2.35. The highest BCUT2D eigenvalue weighted by Crippen LogP contribution is 2.19. The SMILES string of the molecule is CCC(C)c1ccnc(CN2CCOCC2)c1. The van der Waals surface area contributed by atoms with Gasteiger partial charge in [0.15, 0.2) is 0 Å². The number of pyridine rings is 1. The maximum absolute atomic E-state index is 5.35. The van der Waals surface area contributed by atoms with E-state index in [0.29, 0.717) is 5.92 Å². The summed E-state index contributed by atoms with van der Waals surface area (Å²) in [6.45, 7) is 9.20. The Morgan fingerprint density at radius 1 is 1.41 bits per heavy atom. The lowest BCUT2D eigenvalue weighted by atomic mass is 9.99. The summed E-state index contributed by atoms with van der Waals surface area (Å²) in [6, 6.07) is 4.39. The molecule has 3 nitrogen and oxygen atoms in total. The van der Waals surface area contributed by atoms with Gasteiger partial charge in [0.25, 0.3) is 0 Å². The Morgan fingerprint density at radius 3 is 2.88 bits per heavy atom. The highest BCUT2D eigenvalue weighted by atomic mass is 16.5. The Balaban J connectivity index is 2.00. The number of hydrogen-bond donors (Lipinski definition) is 0. The summed E-state index contributed by atoms with van der Waals surface area (Å²) in [4.78, 5) is 6.88. The van der Waals surface area contributed by atoms with Gasteiger partial charge in [-0.3, -0.25) is 9.88 Å². The molecule has 3 heteroatoms. The quantitative estimate of drug-likeness (QED) is 0.800. The number of nitrogens with zero attached hydrogens (tertiary/aromatic N) is 2. The first-order chi connectivity index (χ1) is 8.29. The van der Waals surface area contributed by atoms with Crippen molar-refractivity contribution >= 4 is 0 Å². The van der Waals surface area contributed by atoms with Crippen LogP contribution in [0.25, 0.3) is 0 Å². The Hall–Kier alpha value is -0.930. The van der Waals surface area contributed by atoms with E-state index < -0.39 is 0 Å². The van der Waals surface area contributed by atoms with Crippen LogP contribution in [0.1, 0.15) is 37.4 Å². The number of morpholine rings is 1. The third-order valence-electron chi connectivity index (χ3n) is 3.51. The minimum Gasteiger partial charge on any atom is -0.379 e. The highest BCUT2D eigenvalue weighted by molar-refractivity contribution is 5.20. The van der Waals surface area contributed by atoms with Crippen LogP contribution in [0.4, 0.5) is 0 Å². The molecule has 0 N–H and O–H groups in total. The summed E-state index contributed by atoms with van der Waals surface area (Å²) in [6.07, 6.45) is 3.12. The molecule has 1 fully saturated rings. The van der Waals surface area contributed by atoms with Crippen molar-refractivity contribution in [2.24, 2.45) is 0 Å². The van der Waals surface area contributed by atoms with Gasteiger partial charge in [-0.05, 0) is 30.0 Å². The molecule has 1 aliphatic heterocycles. The second-order valence-corrected chi connectivity index (χ2v) is 4.78. The van der Waals surface area contributed by atoms with Gasteiger partial charge >= 0.3 is 0 Å². The lowest BCUT2D eigenvalue weighted by Gasteiger charge is -2.26. The van der Waals surface area contributed by atoms with E-state index in [1.807, 2.05) is 6.20 Å². The van der Waals surface area contributed by atoms with Crippen molar-refractivity contribution in [1.82, 2.24) is 9.88 Å². The summed E-state index contributed by atoms with van der Waals surface area (Å²) >= 11 is 0. The van der Waals surface area contributed by atoms with Gasteiger partial charge in [-0.2, -0.15) is 0 Å². The van der Waals surface area contributed by atoms with Crippen molar-refractivity contribution in [2.45, 2.75) is 32.7 Å². The van der Waals surface area contributed by atoms with Crippen molar-refractivity contribution in [3.8, 4) is 0 Å². The summed E-state index contributed by atoms with van der Waals surface area (Å²) in [5.74, 6) is 0.626. The maximum Gasteiger partial charge on any atom is 0.0594 e. The number of aromatic nitrogens is 1. The van der Waals surface area contributed by atoms with Crippen LogP contribution in [0.3, 0.4) is 0 Å². The summed E-state index contributed by atoms with van der Waals surface area (Å²) in [5.41, 5.74) is 2.59. The molecule has 0 aliphatic carbocycles. The predicted molar refractivity (Wildman–Crippen MR) is 69.0 cm³/mol. The molecule has 0 bridgehead atoms. The minimum atomic E-state index is 0.626. The van der Waals surface area contributed by atoms with E-state index in [0.717, 1.165) is 32.8 Å². The molecule has 2 rings (SSSR count). The van der Waals surface area contributed by atoms with Gasteiger partial charge < -0.3 is 4.74 Å². The van der Waals surface area contributed by atoms with Gasteiger partial charge in [0.1, 0.15) is 0 Å². The maximum atomic E-state index is 5.35. The fourth-order valence-electron chi connectivity index (χ4n) is 2.11. The molecule has 0 aromatic carbocycles. The molecule has 1 aromatic rings. The van der Waals surface area contributed by atoms with Gasteiger partial charge in [0.2, 0.25) is 0 Å². The highest BCUT2D eigenvalue weighted by Gasteiger charge is 2.12. The fourth-order valence-corrected chi connectivity index (χ4v) is 2.11. The van der Waals surface area contributed by atoms with E-state index in [1.165, 1.54) is 17.7 Å². The molecule has 1 unspecified atom stereocenters. The smallest absolute Gasteiger partial charge is 0.0594 e. The van der Waals surface area contributed by atoms with Gasteiger partial charge in [0.05, 0.1) is 18.9 Å². The lowest BCUT2D eigenvalue weighted by molar-refractivity contribution is 0.0336. The summed E-state index contributed by atoms with van der Waals surface area (Å²) < 4.78 is 5.35. The second kappa shape index (κ2) is 6.12. The van der Waals surface area contributed by atoms with Crippen molar-refractivity contribution < 1.29 is 4.74 Å². The van der Waals surface area contributed by atoms with Gasteiger partial charge in [-0.1, -0.05) is 13.8 Å².